The van der Waals surface area contributed by atoms with Gasteiger partial charge in [0.1, 0.15) is 0 Å². The van der Waals surface area contributed by atoms with Crippen LogP contribution in [0.3, 0.4) is 0 Å². The Kier molecular flexibility index (Phi) is 5.45. The van der Waals surface area contributed by atoms with Gasteiger partial charge in [-0.15, -0.1) is 11.3 Å². The molecule has 14 heavy (non-hydrogen) atoms. The van der Waals surface area contributed by atoms with Crippen LogP contribution < -0.4 is 0 Å². The lowest BCUT2D eigenvalue weighted by molar-refractivity contribution is 0.229. The van der Waals surface area contributed by atoms with Crippen LogP contribution in [0.5, 0.6) is 0 Å². The third-order valence-corrected chi connectivity index (χ3v) is 3.66. The number of halogens is 2. The van der Waals surface area contributed by atoms with Crippen LogP contribution in [0, 0.1) is 0 Å². The number of hydrogen-bond donors (Lipinski definition) is 0. The van der Waals surface area contributed by atoms with Crippen molar-refractivity contribution in [1.82, 2.24) is 4.90 Å². The van der Waals surface area contributed by atoms with Gasteiger partial charge in [-0.1, -0.05) is 27.5 Å². The molecule has 0 radical (unpaired) electrons. The van der Waals surface area contributed by atoms with E-state index in [4.69, 9.17) is 11.6 Å². The van der Waals surface area contributed by atoms with Crippen molar-refractivity contribution in [3.05, 3.63) is 21.3 Å². The Bertz CT molecular complexity index is 275. The molecular weight excluding hydrogens is 282 g/mol. The van der Waals surface area contributed by atoms with Crippen LogP contribution in [-0.2, 0) is 6.54 Å². The van der Waals surface area contributed by atoms with E-state index in [1.807, 2.05) is 6.07 Å². The van der Waals surface area contributed by atoms with E-state index < -0.39 is 0 Å². The van der Waals surface area contributed by atoms with Crippen molar-refractivity contribution in [3.63, 3.8) is 0 Å². The number of hydrogen-bond acceptors (Lipinski definition) is 2. The van der Waals surface area contributed by atoms with Gasteiger partial charge in [-0.3, -0.25) is 4.90 Å². The van der Waals surface area contributed by atoms with Crippen molar-refractivity contribution in [2.75, 3.05) is 11.9 Å². The molecule has 1 heterocycles. The molecule has 0 amide bonds. The van der Waals surface area contributed by atoms with Crippen molar-refractivity contribution >= 4 is 38.9 Å². The SMILES string of the molecule is CC(C)N(CCBr)Cc1ccc(Cl)s1. The van der Waals surface area contributed by atoms with E-state index in [1.54, 1.807) is 11.3 Å². The largest absolute Gasteiger partial charge is 0.295 e. The summed E-state index contributed by atoms with van der Waals surface area (Å²) in [6.07, 6.45) is 0. The lowest BCUT2D eigenvalue weighted by Crippen LogP contribution is -2.31. The number of thiophene rings is 1. The minimum atomic E-state index is 0.577. The maximum Gasteiger partial charge on any atom is 0.0931 e. The summed E-state index contributed by atoms with van der Waals surface area (Å²) in [5, 5.41) is 1.02. The Morgan fingerprint density at radius 1 is 1.50 bits per heavy atom. The lowest BCUT2D eigenvalue weighted by Gasteiger charge is -2.24. The van der Waals surface area contributed by atoms with Gasteiger partial charge < -0.3 is 0 Å². The molecule has 4 heteroatoms. The van der Waals surface area contributed by atoms with Crippen LogP contribution in [0.15, 0.2) is 12.1 Å². The summed E-state index contributed by atoms with van der Waals surface area (Å²) in [4.78, 5) is 3.77. The van der Waals surface area contributed by atoms with Gasteiger partial charge in [0.2, 0.25) is 0 Å². The van der Waals surface area contributed by atoms with Gasteiger partial charge in [-0.05, 0) is 26.0 Å². The van der Waals surface area contributed by atoms with E-state index in [1.165, 1.54) is 4.88 Å². The highest BCUT2D eigenvalue weighted by Crippen LogP contribution is 2.23. The Morgan fingerprint density at radius 3 is 2.64 bits per heavy atom. The smallest absolute Gasteiger partial charge is 0.0931 e. The second kappa shape index (κ2) is 6.11. The fraction of sp³-hybridized carbons (Fsp3) is 0.600. The summed E-state index contributed by atoms with van der Waals surface area (Å²) in [6.45, 7) is 6.52. The van der Waals surface area contributed by atoms with Gasteiger partial charge in [0, 0.05) is 29.3 Å². The Balaban J connectivity index is 2.55. The molecule has 1 nitrogen and oxygen atoms in total. The maximum atomic E-state index is 5.89. The fourth-order valence-corrected chi connectivity index (χ4v) is 2.83. The summed E-state index contributed by atoms with van der Waals surface area (Å²) in [6, 6.07) is 4.65. The van der Waals surface area contributed by atoms with E-state index >= 15 is 0 Å². The monoisotopic (exact) mass is 295 g/mol. The maximum absolute atomic E-state index is 5.89. The summed E-state index contributed by atoms with van der Waals surface area (Å²) < 4.78 is 0.877. The fourth-order valence-electron chi connectivity index (χ4n) is 1.27. The Morgan fingerprint density at radius 2 is 2.21 bits per heavy atom. The third-order valence-electron chi connectivity index (χ3n) is 2.09. The van der Waals surface area contributed by atoms with Gasteiger partial charge >= 0.3 is 0 Å². The molecule has 80 valence electrons. The van der Waals surface area contributed by atoms with Gasteiger partial charge in [-0.2, -0.15) is 0 Å². The summed E-state index contributed by atoms with van der Waals surface area (Å²) in [5.74, 6) is 0. The normalized spacial score (nSPS) is 11.6. The molecule has 0 aliphatic heterocycles. The Hall–Kier alpha value is 0.430. The topological polar surface area (TPSA) is 3.24 Å². The second-order valence-corrected chi connectivity index (χ2v) is 6.05. The first-order chi connectivity index (χ1) is 6.63. The Labute approximate surface area is 103 Å². The minimum Gasteiger partial charge on any atom is -0.295 e. The first-order valence-corrected chi connectivity index (χ1v) is 6.99. The van der Waals surface area contributed by atoms with Gasteiger partial charge in [0.15, 0.2) is 0 Å². The van der Waals surface area contributed by atoms with Crippen molar-refractivity contribution < 1.29 is 0 Å². The summed E-state index contributed by atoms with van der Waals surface area (Å²) in [7, 11) is 0. The molecule has 0 atom stereocenters. The van der Waals surface area contributed by atoms with Crippen LogP contribution in [0.25, 0.3) is 0 Å². The average Bonchev–Trinajstić information content (AvgIpc) is 2.50. The highest BCUT2D eigenvalue weighted by molar-refractivity contribution is 9.09. The van der Waals surface area contributed by atoms with E-state index in [9.17, 15) is 0 Å². The quantitative estimate of drug-likeness (QED) is 0.742. The van der Waals surface area contributed by atoms with E-state index in [2.05, 4.69) is 40.7 Å². The number of alkyl halides is 1. The second-order valence-electron chi connectivity index (χ2n) is 3.46. The van der Waals surface area contributed by atoms with E-state index in [-0.39, 0.29) is 0 Å². The standard InChI is InChI=1S/C10H15BrClNS/c1-8(2)13(6-5-11)7-9-3-4-10(12)14-9/h3-4,8H,5-7H2,1-2H3. The zero-order chi connectivity index (χ0) is 10.6. The van der Waals surface area contributed by atoms with Crippen LogP contribution >= 0.6 is 38.9 Å². The first kappa shape index (κ1) is 12.5. The molecule has 1 aromatic heterocycles. The van der Waals surface area contributed by atoms with Crippen LogP contribution in [0.2, 0.25) is 4.34 Å². The summed E-state index contributed by atoms with van der Waals surface area (Å²) in [5.41, 5.74) is 0. The molecule has 0 saturated carbocycles. The lowest BCUT2D eigenvalue weighted by atomic mass is 10.3. The van der Waals surface area contributed by atoms with E-state index in [0.29, 0.717) is 6.04 Å². The highest BCUT2D eigenvalue weighted by atomic mass is 79.9. The first-order valence-electron chi connectivity index (χ1n) is 4.67. The van der Waals surface area contributed by atoms with Crippen molar-refractivity contribution in [3.8, 4) is 0 Å². The van der Waals surface area contributed by atoms with Crippen LogP contribution in [-0.4, -0.2) is 22.8 Å². The number of rotatable bonds is 5. The van der Waals surface area contributed by atoms with Crippen molar-refractivity contribution in [2.45, 2.75) is 26.4 Å². The van der Waals surface area contributed by atoms with Crippen LogP contribution in [0.1, 0.15) is 18.7 Å². The molecule has 1 aromatic rings. The zero-order valence-electron chi connectivity index (χ0n) is 8.46. The molecule has 0 aliphatic rings. The summed E-state index contributed by atoms with van der Waals surface area (Å²) >= 11 is 11.0. The molecule has 0 spiro atoms. The minimum absolute atomic E-state index is 0.577. The van der Waals surface area contributed by atoms with Gasteiger partial charge in [-0.25, -0.2) is 0 Å². The molecule has 0 fully saturated rings. The highest BCUT2D eigenvalue weighted by Gasteiger charge is 2.10. The molecule has 0 saturated heterocycles. The molecule has 0 bridgehead atoms. The predicted molar refractivity (Wildman–Crippen MR) is 68.7 cm³/mol. The molecule has 0 aromatic carbocycles. The predicted octanol–water partition coefficient (Wildman–Crippen LogP) is 4.01. The molecule has 1 rings (SSSR count). The molecular formula is C10H15BrClNS. The molecule has 0 unspecified atom stereocenters. The third kappa shape index (κ3) is 3.89. The van der Waals surface area contributed by atoms with Gasteiger partial charge in [0.05, 0.1) is 4.34 Å². The molecule has 0 N–H and O–H groups in total. The molecule has 0 aliphatic carbocycles. The van der Waals surface area contributed by atoms with Crippen LogP contribution in [0.4, 0.5) is 0 Å². The van der Waals surface area contributed by atoms with Crippen molar-refractivity contribution in [2.24, 2.45) is 0 Å². The zero-order valence-corrected chi connectivity index (χ0v) is 11.6. The average molecular weight is 297 g/mol. The van der Waals surface area contributed by atoms with Gasteiger partial charge in [0.25, 0.3) is 0 Å². The van der Waals surface area contributed by atoms with Crippen molar-refractivity contribution in [1.29, 1.82) is 0 Å². The van der Waals surface area contributed by atoms with E-state index in [0.717, 1.165) is 22.8 Å². The number of nitrogens with zero attached hydrogens (tertiary/aromatic N) is 1.